The highest BCUT2D eigenvalue weighted by Crippen LogP contribution is 2.24. The van der Waals surface area contributed by atoms with Crippen LogP contribution in [0, 0.1) is 0 Å². The topological polar surface area (TPSA) is 35.6 Å². The highest BCUT2D eigenvalue weighted by Gasteiger charge is 2.15. The van der Waals surface area contributed by atoms with Crippen LogP contribution in [-0.4, -0.2) is 32.1 Å². The second-order valence-corrected chi connectivity index (χ2v) is 6.94. The normalized spacial score (nSPS) is 17.1. The van der Waals surface area contributed by atoms with E-state index in [9.17, 15) is 4.79 Å². The van der Waals surface area contributed by atoms with Crippen molar-refractivity contribution in [1.29, 1.82) is 0 Å². The number of nitrogens with zero attached hydrogens (tertiary/aromatic N) is 2. The fourth-order valence-electron chi connectivity index (χ4n) is 3.76. The Morgan fingerprint density at radius 3 is 2.00 bits per heavy atom. The number of rotatable bonds is 4. The van der Waals surface area contributed by atoms with Gasteiger partial charge >= 0.3 is 0 Å². The van der Waals surface area contributed by atoms with Gasteiger partial charge in [0.25, 0.3) is 5.91 Å². The quantitative estimate of drug-likeness (QED) is 0.912. The summed E-state index contributed by atoms with van der Waals surface area (Å²) in [5.41, 5.74) is 3.97. The molecule has 4 rings (SSSR count). The molecule has 130 valence electrons. The van der Waals surface area contributed by atoms with E-state index in [1.165, 1.54) is 37.1 Å². The summed E-state index contributed by atoms with van der Waals surface area (Å²) in [6.07, 6.45) is 5.02. The van der Waals surface area contributed by atoms with Gasteiger partial charge in [-0.05, 0) is 68.1 Å². The molecule has 2 aromatic rings. The van der Waals surface area contributed by atoms with Crippen LogP contribution in [0.1, 0.15) is 36.0 Å². The maximum atomic E-state index is 12.5. The molecule has 0 radical (unpaired) electrons. The molecule has 4 heteroatoms. The molecule has 0 unspecified atom stereocenters. The third-order valence-electron chi connectivity index (χ3n) is 5.18. The van der Waals surface area contributed by atoms with Crippen molar-refractivity contribution in [1.82, 2.24) is 0 Å². The Hall–Kier alpha value is -2.49. The van der Waals surface area contributed by atoms with Crippen molar-refractivity contribution < 1.29 is 4.79 Å². The summed E-state index contributed by atoms with van der Waals surface area (Å²) in [5.74, 6) is -0.0495. The first-order chi connectivity index (χ1) is 12.3. The Bertz CT molecular complexity index is 729. The Morgan fingerprint density at radius 1 is 0.760 bits per heavy atom. The lowest BCUT2D eigenvalue weighted by Crippen LogP contribution is -2.19. The van der Waals surface area contributed by atoms with E-state index in [2.05, 4.69) is 39.4 Å². The van der Waals surface area contributed by atoms with Gasteiger partial charge < -0.3 is 15.1 Å². The van der Waals surface area contributed by atoms with E-state index >= 15 is 0 Å². The smallest absolute Gasteiger partial charge is 0.255 e. The van der Waals surface area contributed by atoms with Gasteiger partial charge in [0.1, 0.15) is 0 Å². The zero-order valence-corrected chi connectivity index (χ0v) is 14.6. The number of anilines is 3. The van der Waals surface area contributed by atoms with E-state index < -0.39 is 0 Å². The maximum absolute atomic E-state index is 12.5. The molecule has 0 bridgehead atoms. The molecule has 2 heterocycles. The summed E-state index contributed by atoms with van der Waals surface area (Å²) >= 11 is 0. The molecule has 0 atom stereocenters. The summed E-state index contributed by atoms with van der Waals surface area (Å²) in [4.78, 5) is 17.3. The predicted molar refractivity (Wildman–Crippen MR) is 104 cm³/mol. The van der Waals surface area contributed by atoms with Gasteiger partial charge in [0.15, 0.2) is 0 Å². The number of carbonyl (C=O) groups is 1. The molecule has 1 amide bonds. The Morgan fingerprint density at radius 2 is 1.36 bits per heavy atom. The van der Waals surface area contributed by atoms with Crippen LogP contribution >= 0.6 is 0 Å². The highest BCUT2D eigenvalue weighted by atomic mass is 16.1. The third-order valence-corrected chi connectivity index (χ3v) is 5.18. The van der Waals surface area contributed by atoms with Gasteiger partial charge in [-0.15, -0.1) is 0 Å². The Labute approximate surface area is 149 Å². The minimum atomic E-state index is -0.0495. The number of amides is 1. The third kappa shape index (κ3) is 3.63. The molecular formula is C21H25N3O. The van der Waals surface area contributed by atoms with Crippen LogP contribution in [0.5, 0.6) is 0 Å². The van der Waals surface area contributed by atoms with Crippen LogP contribution in [0.3, 0.4) is 0 Å². The van der Waals surface area contributed by atoms with Crippen molar-refractivity contribution in [3.63, 3.8) is 0 Å². The molecule has 25 heavy (non-hydrogen) atoms. The molecule has 2 fully saturated rings. The second-order valence-electron chi connectivity index (χ2n) is 6.94. The number of hydrogen-bond donors (Lipinski definition) is 1. The first-order valence-electron chi connectivity index (χ1n) is 9.31. The number of hydrogen-bond acceptors (Lipinski definition) is 3. The SMILES string of the molecule is O=C(Nc1cccc(N2CCCC2)c1)c1ccc(N2CCCC2)cc1. The fraction of sp³-hybridized carbons (Fsp3) is 0.381. The minimum absolute atomic E-state index is 0.0495. The van der Waals surface area contributed by atoms with E-state index in [1.54, 1.807) is 0 Å². The molecular weight excluding hydrogens is 310 g/mol. The maximum Gasteiger partial charge on any atom is 0.255 e. The Balaban J connectivity index is 1.43. The lowest BCUT2D eigenvalue weighted by molar-refractivity contribution is 0.102. The largest absolute Gasteiger partial charge is 0.372 e. The lowest BCUT2D eigenvalue weighted by Gasteiger charge is -2.19. The molecule has 1 N–H and O–H groups in total. The zero-order chi connectivity index (χ0) is 17.1. The van der Waals surface area contributed by atoms with E-state index in [0.29, 0.717) is 5.56 Å². The van der Waals surface area contributed by atoms with E-state index in [0.717, 1.165) is 31.9 Å². The monoisotopic (exact) mass is 335 g/mol. The van der Waals surface area contributed by atoms with Gasteiger partial charge in [-0.3, -0.25) is 4.79 Å². The number of carbonyl (C=O) groups excluding carboxylic acids is 1. The van der Waals surface area contributed by atoms with Crippen molar-refractivity contribution >= 4 is 23.0 Å². The standard InChI is InChI=1S/C21H25N3O/c25-21(17-8-10-19(11-9-17)23-12-1-2-13-23)22-18-6-5-7-20(16-18)24-14-3-4-15-24/h5-11,16H,1-4,12-15H2,(H,22,25). The molecule has 0 spiro atoms. The first kappa shape index (κ1) is 16.0. The van der Waals surface area contributed by atoms with Crippen LogP contribution in [0.4, 0.5) is 17.1 Å². The van der Waals surface area contributed by atoms with E-state index in [-0.39, 0.29) is 5.91 Å². The summed E-state index contributed by atoms with van der Waals surface area (Å²) in [6, 6.07) is 16.1. The van der Waals surface area contributed by atoms with Crippen LogP contribution in [0.15, 0.2) is 48.5 Å². The fourth-order valence-corrected chi connectivity index (χ4v) is 3.76. The van der Waals surface area contributed by atoms with Crippen molar-refractivity contribution in [3.05, 3.63) is 54.1 Å². The average Bonchev–Trinajstić information content (AvgIpc) is 3.36. The lowest BCUT2D eigenvalue weighted by atomic mass is 10.1. The Kier molecular flexibility index (Phi) is 4.59. The molecule has 2 aromatic carbocycles. The molecule has 2 saturated heterocycles. The van der Waals surface area contributed by atoms with E-state index in [1.807, 2.05) is 24.3 Å². The van der Waals surface area contributed by atoms with Crippen molar-refractivity contribution in [2.75, 3.05) is 41.3 Å². The molecule has 0 aromatic heterocycles. The summed E-state index contributed by atoms with van der Waals surface area (Å²) in [6.45, 7) is 4.45. The molecule has 0 saturated carbocycles. The van der Waals surface area contributed by atoms with Crippen molar-refractivity contribution in [2.24, 2.45) is 0 Å². The van der Waals surface area contributed by atoms with Crippen LogP contribution < -0.4 is 15.1 Å². The number of nitrogens with one attached hydrogen (secondary N) is 1. The van der Waals surface area contributed by atoms with Crippen LogP contribution in [0.25, 0.3) is 0 Å². The van der Waals surface area contributed by atoms with Gasteiger partial charge in [-0.1, -0.05) is 6.07 Å². The zero-order valence-electron chi connectivity index (χ0n) is 14.6. The van der Waals surface area contributed by atoms with Gasteiger partial charge in [-0.25, -0.2) is 0 Å². The summed E-state index contributed by atoms with van der Waals surface area (Å²) in [5, 5.41) is 3.03. The van der Waals surface area contributed by atoms with Crippen molar-refractivity contribution in [2.45, 2.75) is 25.7 Å². The second kappa shape index (κ2) is 7.18. The molecule has 0 aliphatic carbocycles. The van der Waals surface area contributed by atoms with E-state index in [4.69, 9.17) is 0 Å². The minimum Gasteiger partial charge on any atom is -0.372 e. The predicted octanol–water partition coefficient (Wildman–Crippen LogP) is 4.14. The highest BCUT2D eigenvalue weighted by molar-refractivity contribution is 6.04. The molecule has 2 aliphatic rings. The summed E-state index contributed by atoms with van der Waals surface area (Å²) in [7, 11) is 0. The molecule has 2 aliphatic heterocycles. The van der Waals surface area contributed by atoms with Gasteiger partial charge in [0.2, 0.25) is 0 Å². The van der Waals surface area contributed by atoms with Crippen LogP contribution in [0.2, 0.25) is 0 Å². The number of benzene rings is 2. The molecule has 4 nitrogen and oxygen atoms in total. The average molecular weight is 335 g/mol. The van der Waals surface area contributed by atoms with Crippen LogP contribution in [-0.2, 0) is 0 Å². The van der Waals surface area contributed by atoms with Gasteiger partial charge in [-0.2, -0.15) is 0 Å². The first-order valence-corrected chi connectivity index (χ1v) is 9.31. The van der Waals surface area contributed by atoms with Gasteiger partial charge in [0.05, 0.1) is 0 Å². The van der Waals surface area contributed by atoms with Gasteiger partial charge in [0, 0.05) is 48.8 Å². The summed E-state index contributed by atoms with van der Waals surface area (Å²) < 4.78 is 0. The van der Waals surface area contributed by atoms with Crippen molar-refractivity contribution in [3.8, 4) is 0 Å².